The molecule has 4 rings (SSSR count). The van der Waals surface area contributed by atoms with Crippen molar-refractivity contribution in [1.29, 1.82) is 0 Å². The van der Waals surface area contributed by atoms with Crippen molar-refractivity contribution in [2.45, 2.75) is 32.0 Å². The minimum Gasteiger partial charge on any atom is -0.436 e. The number of thiazole rings is 1. The molecule has 3 N–H and O–H groups in total. The van der Waals surface area contributed by atoms with Crippen molar-refractivity contribution in [2.24, 2.45) is 0 Å². The Balaban J connectivity index is 1.46. The van der Waals surface area contributed by atoms with Crippen LogP contribution in [-0.4, -0.2) is 55.2 Å². The highest BCUT2D eigenvalue weighted by atomic mass is 32.2. The van der Waals surface area contributed by atoms with Gasteiger partial charge in [-0.05, 0) is 44.5 Å². The summed E-state index contributed by atoms with van der Waals surface area (Å²) in [7, 11) is -2.33. The van der Waals surface area contributed by atoms with Crippen LogP contribution in [0.3, 0.4) is 0 Å². The van der Waals surface area contributed by atoms with Crippen LogP contribution in [0.5, 0.6) is 11.6 Å². The predicted octanol–water partition coefficient (Wildman–Crippen LogP) is 3.90. The second-order valence-electron chi connectivity index (χ2n) is 7.51. The molecule has 1 aliphatic heterocycles. The monoisotopic (exact) mass is 513 g/mol. The Hall–Kier alpha value is -2.84. The minimum absolute atomic E-state index is 0.0355. The van der Waals surface area contributed by atoms with Crippen LogP contribution in [-0.2, 0) is 11.0 Å². The molecule has 1 saturated heterocycles. The van der Waals surface area contributed by atoms with Crippen LogP contribution >= 0.6 is 11.3 Å². The molecule has 2 atom stereocenters. The van der Waals surface area contributed by atoms with Crippen molar-refractivity contribution < 1.29 is 22.1 Å². The lowest BCUT2D eigenvalue weighted by Gasteiger charge is -2.23. The van der Waals surface area contributed by atoms with Gasteiger partial charge in [-0.15, -0.1) is 11.3 Å². The highest BCUT2D eigenvalue weighted by Gasteiger charge is 2.30. The number of nitrogens with zero attached hydrogens (tertiary/aromatic N) is 4. The summed E-state index contributed by atoms with van der Waals surface area (Å²) in [6.07, 6.45) is 0.571. The summed E-state index contributed by atoms with van der Waals surface area (Å²) in [4.78, 5) is 18.0. The lowest BCUT2D eigenvalue weighted by molar-refractivity contribution is -0.105. The van der Waals surface area contributed by atoms with E-state index in [0.717, 1.165) is 30.9 Å². The summed E-state index contributed by atoms with van der Waals surface area (Å²) in [6.45, 7) is 3.71. The maximum atomic E-state index is 12.3. The zero-order chi connectivity index (χ0) is 24.1. The minimum atomic E-state index is -4.54. The van der Waals surface area contributed by atoms with Crippen LogP contribution in [0.2, 0.25) is 0 Å². The van der Waals surface area contributed by atoms with E-state index < -0.39 is 22.9 Å². The molecular weight excluding hydrogens is 491 g/mol. The molecule has 0 amide bonds. The molecular formula is C20H22F3N7O2S2. The van der Waals surface area contributed by atoms with Crippen molar-refractivity contribution in [3.05, 3.63) is 35.6 Å². The van der Waals surface area contributed by atoms with Gasteiger partial charge in [0.15, 0.2) is 0 Å². The maximum Gasteiger partial charge on any atom is 0.402 e. The molecule has 1 aliphatic rings. The fourth-order valence-corrected chi connectivity index (χ4v) is 4.81. The van der Waals surface area contributed by atoms with Gasteiger partial charge in [0, 0.05) is 18.8 Å². The molecule has 1 fully saturated rings. The Morgan fingerprint density at radius 1 is 1.26 bits per heavy atom. The smallest absolute Gasteiger partial charge is 0.402 e. The molecule has 34 heavy (non-hydrogen) atoms. The molecule has 0 radical (unpaired) electrons. The summed E-state index contributed by atoms with van der Waals surface area (Å²) >= 11 is 1.41. The van der Waals surface area contributed by atoms with E-state index >= 15 is 0 Å². The summed E-state index contributed by atoms with van der Waals surface area (Å²) in [5, 5.41) is 7.46. The number of rotatable bonds is 8. The summed E-state index contributed by atoms with van der Waals surface area (Å²) in [5.41, 5.74) is 0.649. The number of halogens is 3. The third-order valence-electron chi connectivity index (χ3n) is 4.69. The molecule has 4 heterocycles. The first-order chi connectivity index (χ1) is 16.2. The first kappa shape index (κ1) is 24.3. The van der Waals surface area contributed by atoms with Crippen LogP contribution in [0.4, 0.5) is 24.9 Å². The fourth-order valence-electron chi connectivity index (χ4n) is 3.27. The quantitative estimate of drug-likeness (QED) is 0.416. The van der Waals surface area contributed by atoms with Gasteiger partial charge in [0.05, 0.1) is 16.9 Å². The standard InChI is InChI=1S/C20H22F3N7O2S2/c1-12-27-18(32-14-4-5-16(26-10-14)30-34(31)11-20(21,22)23)17(33-12)15-6-8-25-19(29-15)28-13-3-2-7-24-9-13/h4-6,8,10,13,24H,2-3,7,9,11H2,1H3,(H,26,30)(H,25,28,29). The number of alkyl halides is 3. The topological polar surface area (TPSA) is 114 Å². The number of anilines is 2. The molecule has 14 heteroatoms. The Kier molecular flexibility index (Phi) is 7.58. The van der Waals surface area contributed by atoms with Gasteiger partial charge < -0.3 is 15.4 Å². The molecule has 182 valence electrons. The van der Waals surface area contributed by atoms with Gasteiger partial charge in [-0.25, -0.2) is 24.1 Å². The van der Waals surface area contributed by atoms with Gasteiger partial charge in [-0.3, -0.25) is 4.72 Å². The molecule has 9 nitrogen and oxygen atoms in total. The lowest BCUT2D eigenvalue weighted by Crippen LogP contribution is -2.38. The molecule has 3 aromatic rings. The predicted molar refractivity (Wildman–Crippen MR) is 124 cm³/mol. The number of hydrogen-bond donors (Lipinski definition) is 3. The van der Waals surface area contributed by atoms with Gasteiger partial charge in [0.25, 0.3) is 0 Å². The molecule has 3 aromatic heterocycles. The molecule has 2 unspecified atom stereocenters. The number of ether oxygens (including phenoxy) is 1. The van der Waals surface area contributed by atoms with Crippen molar-refractivity contribution in [3.8, 4) is 22.2 Å². The second kappa shape index (κ2) is 10.6. The zero-order valence-electron chi connectivity index (χ0n) is 18.1. The average Bonchev–Trinajstić information content (AvgIpc) is 3.15. The Bertz CT molecular complexity index is 1140. The Morgan fingerprint density at radius 3 is 2.82 bits per heavy atom. The molecule has 0 aliphatic carbocycles. The van der Waals surface area contributed by atoms with E-state index in [4.69, 9.17) is 4.74 Å². The average molecular weight is 514 g/mol. The van der Waals surface area contributed by atoms with Crippen molar-refractivity contribution in [1.82, 2.24) is 25.3 Å². The van der Waals surface area contributed by atoms with Gasteiger partial charge in [0.2, 0.25) is 11.8 Å². The van der Waals surface area contributed by atoms with Crippen LogP contribution in [0.1, 0.15) is 17.8 Å². The van der Waals surface area contributed by atoms with Crippen LogP contribution < -0.4 is 20.1 Å². The number of hydrogen-bond acceptors (Lipinski definition) is 9. The first-order valence-corrected chi connectivity index (χ1v) is 12.5. The number of piperidine rings is 1. The van der Waals surface area contributed by atoms with Crippen LogP contribution in [0, 0.1) is 6.92 Å². The molecule has 0 spiro atoms. The number of nitrogens with one attached hydrogen (secondary N) is 3. The Labute approximate surface area is 200 Å². The third kappa shape index (κ3) is 6.84. The van der Waals surface area contributed by atoms with Crippen molar-refractivity contribution in [2.75, 3.05) is 28.9 Å². The van der Waals surface area contributed by atoms with E-state index in [1.165, 1.54) is 29.7 Å². The number of aromatic nitrogens is 4. The second-order valence-corrected chi connectivity index (χ2v) is 9.90. The number of aryl methyl sites for hydroxylation is 1. The SMILES string of the molecule is Cc1nc(Oc2ccc(NS(=O)CC(F)(F)F)nc2)c(-c2ccnc(NC3CCCNC3)n2)s1. The zero-order valence-corrected chi connectivity index (χ0v) is 19.7. The Morgan fingerprint density at radius 2 is 2.12 bits per heavy atom. The number of pyridine rings is 1. The highest BCUT2D eigenvalue weighted by Crippen LogP contribution is 2.37. The maximum absolute atomic E-state index is 12.3. The lowest BCUT2D eigenvalue weighted by atomic mass is 10.1. The van der Waals surface area contributed by atoms with Gasteiger partial charge in [0.1, 0.15) is 33.2 Å². The first-order valence-electron chi connectivity index (χ1n) is 10.4. The third-order valence-corrected chi connectivity index (χ3v) is 6.69. The van der Waals surface area contributed by atoms with E-state index in [1.807, 2.05) is 6.92 Å². The largest absolute Gasteiger partial charge is 0.436 e. The van der Waals surface area contributed by atoms with Gasteiger partial charge in [-0.2, -0.15) is 13.2 Å². The summed E-state index contributed by atoms with van der Waals surface area (Å²) in [5.74, 6) is -0.268. The summed E-state index contributed by atoms with van der Waals surface area (Å²) < 4.78 is 56.7. The van der Waals surface area contributed by atoms with E-state index in [2.05, 4.69) is 35.3 Å². The highest BCUT2D eigenvalue weighted by molar-refractivity contribution is 7.86. The van der Waals surface area contributed by atoms with Crippen molar-refractivity contribution in [3.63, 3.8) is 0 Å². The van der Waals surface area contributed by atoms with Crippen LogP contribution in [0.15, 0.2) is 30.6 Å². The normalized spacial score (nSPS) is 17.2. The van der Waals surface area contributed by atoms with Crippen LogP contribution in [0.25, 0.3) is 10.6 Å². The molecule has 0 saturated carbocycles. The molecule has 0 aromatic carbocycles. The van der Waals surface area contributed by atoms with Crippen molar-refractivity contribution >= 4 is 34.1 Å². The fraction of sp³-hybridized carbons (Fsp3) is 0.400. The van der Waals surface area contributed by atoms with E-state index in [1.54, 1.807) is 12.3 Å². The molecule has 0 bridgehead atoms. The van der Waals surface area contributed by atoms with Gasteiger partial charge in [-0.1, -0.05) is 0 Å². The summed E-state index contributed by atoms with van der Waals surface area (Å²) in [6, 6.07) is 4.91. The van der Waals surface area contributed by atoms with Gasteiger partial charge >= 0.3 is 6.18 Å². The van der Waals surface area contributed by atoms with E-state index in [0.29, 0.717) is 28.1 Å². The van der Waals surface area contributed by atoms with E-state index in [9.17, 15) is 17.4 Å². The van der Waals surface area contributed by atoms with E-state index in [-0.39, 0.29) is 11.9 Å².